The summed E-state index contributed by atoms with van der Waals surface area (Å²) in [4.78, 5) is 29.0. The van der Waals surface area contributed by atoms with Gasteiger partial charge in [0.05, 0.1) is 18.0 Å². The molecule has 0 saturated heterocycles. The molecule has 0 aliphatic carbocycles. The minimum atomic E-state index is -0.457. The van der Waals surface area contributed by atoms with Crippen molar-refractivity contribution in [2.75, 3.05) is 7.11 Å². The van der Waals surface area contributed by atoms with Crippen LogP contribution in [0.15, 0.2) is 28.2 Å². The third-order valence-corrected chi connectivity index (χ3v) is 4.55. The van der Waals surface area contributed by atoms with Crippen LogP contribution in [0, 0.1) is 5.92 Å². The third kappa shape index (κ3) is 4.06. The standard InChI is InChI=1S/C16H19ClN2O3S/c1-9(2)8-19-14(20)12-6-5-11(17)7-13(12)18-16(19)23-10(3)15(21)22-4/h5-7,9-10H,8H2,1-4H3/t10-/m0/s1. The number of carbonyl (C=O) groups excluding carboxylic acids is 1. The first-order chi connectivity index (χ1) is 10.8. The fourth-order valence-corrected chi connectivity index (χ4v) is 3.27. The molecule has 0 amide bonds. The van der Waals surface area contributed by atoms with Crippen LogP contribution >= 0.6 is 23.4 Å². The van der Waals surface area contributed by atoms with E-state index in [2.05, 4.69) is 4.98 Å². The number of benzene rings is 1. The molecule has 0 fully saturated rings. The molecule has 0 aliphatic heterocycles. The van der Waals surface area contributed by atoms with Crippen molar-refractivity contribution in [3.05, 3.63) is 33.6 Å². The van der Waals surface area contributed by atoms with Gasteiger partial charge in [-0.05, 0) is 31.0 Å². The largest absolute Gasteiger partial charge is 0.468 e. The first-order valence-electron chi connectivity index (χ1n) is 7.28. The van der Waals surface area contributed by atoms with E-state index >= 15 is 0 Å². The molecule has 1 aromatic heterocycles. The Morgan fingerprint density at radius 3 is 2.70 bits per heavy atom. The Bertz CT molecular complexity index is 789. The normalized spacial score (nSPS) is 12.6. The molecule has 124 valence electrons. The molecular formula is C16H19ClN2O3S. The summed E-state index contributed by atoms with van der Waals surface area (Å²) in [6.07, 6.45) is 0. The van der Waals surface area contributed by atoms with E-state index in [1.54, 1.807) is 29.7 Å². The highest BCUT2D eigenvalue weighted by atomic mass is 35.5. The van der Waals surface area contributed by atoms with Crippen LogP contribution in [0.2, 0.25) is 5.02 Å². The highest BCUT2D eigenvalue weighted by molar-refractivity contribution is 8.00. The van der Waals surface area contributed by atoms with Crippen molar-refractivity contribution < 1.29 is 9.53 Å². The number of hydrogen-bond donors (Lipinski definition) is 0. The zero-order chi connectivity index (χ0) is 17.1. The first-order valence-corrected chi connectivity index (χ1v) is 8.53. The van der Waals surface area contributed by atoms with Crippen molar-refractivity contribution in [1.82, 2.24) is 9.55 Å². The number of methoxy groups -OCH3 is 1. The van der Waals surface area contributed by atoms with E-state index in [9.17, 15) is 9.59 Å². The van der Waals surface area contributed by atoms with E-state index in [-0.39, 0.29) is 17.4 Å². The zero-order valence-electron chi connectivity index (χ0n) is 13.5. The van der Waals surface area contributed by atoms with Gasteiger partial charge in [-0.2, -0.15) is 0 Å². The van der Waals surface area contributed by atoms with Crippen molar-refractivity contribution in [3.63, 3.8) is 0 Å². The molecule has 0 N–H and O–H groups in total. The summed E-state index contributed by atoms with van der Waals surface area (Å²) in [5, 5.41) is 1.08. The molecule has 0 saturated carbocycles. The number of halogens is 1. The predicted molar refractivity (Wildman–Crippen MR) is 93.2 cm³/mol. The van der Waals surface area contributed by atoms with Crippen LogP contribution in [0.5, 0.6) is 0 Å². The molecule has 1 aromatic carbocycles. The Kier molecular flexibility index (Phi) is 5.70. The van der Waals surface area contributed by atoms with Crippen molar-refractivity contribution in [1.29, 1.82) is 0 Å². The van der Waals surface area contributed by atoms with Gasteiger partial charge in [0, 0.05) is 11.6 Å². The van der Waals surface area contributed by atoms with E-state index in [0.717, 1.165) is 0 Å². The van der Waals surface area contributed by atoms with Crippen LogP contribution in [0.3, 0.4) is 0 Å². The van der Waals surface area contributed by atoms with E-state index in [4.69, 9.17) is 16.3 Å². The maximum Gasteiger partial charge on any atom is 0.318 e. The lowest BCUT2D eigenvalue weighted by atomic mass is 10.2. The SMILES string of the molecule is COC(=O)[C@H](C)Sc1nc2cc(Cl)ccc2c(=O)n1CC(C)C. The smallest absolute Gasteiger partial charge is 0.318 e. The summed E-state index contributed by atoms with van der Waals surface area (Å²) < 4.78 is 6.36. The van der Waals surface area contributed by atoms with Gasteiger partial charge in [-0.1, -0.05) is 37.2 Å². The van der Waals surface area contributed by atoms with Gasteiger partial charge in [-0.15, -0.1) is 0 Å². The van der Waals surface area contributed by atoms with Crippen LogP contribution in [-0.2, 0) is 16.1 Å². The Balaban J connectivity index is 2.59. The predicted octanol–water partition coefficient (Wildman–Crippen LogP) is 3.36. The van der Waals surface area contributed by atoms with Crippen LogP contribution < -0.4 is 5.56 Å². The maximum atomic E-state index is 12.8. The lowest BCUT2D eigenvalue weighted by Gasteiger charge is -2.16. The molecule has 0 bridgehead atoms. The van der Waals surface area contributed by atoms with Crippen molar-refractivity contribution in [2.24, 2.45) is 5.92 Å². The molecule has 2 aromatic rings. The average molecular weight is 355 g/mol. The summed E-state index contributed by atoms with van der Waals surface area (Å²) in [7, 11) is 1.34. The lowest BCUT2D eigenvalue weighted by molar-refractivity contribution is -0.139. The lowest BCUT2D eigenvalue weighted by Crippen LogP contribution is -2.27. The topological polar surface area (TPSA) is 61.2 Å². The number of thioether (sulfide) groups is 1. The van der Waals surface area contributed by atoms with Crippen LogP contribution in [-0.4, -0.2) is 27.9 Å². The summed E-state index contributed by atoms with van der Waals surface area (Å²) in [6, 6.07) is 5.02. The first kappa shape index (κ1) is 17.8. The molecule has 2 rings (SSSR count). The van der Waals surface area contributed by atoms with Crippen LogP contribution in [0.1, 0.15) is 20.8 Å². The minimum absolute atomic E-state index is 0.125. The van der Waals surface area contributed by atoms with E-state index in [0.29, 0.717) is 27.6 Å². The van der Waals surface area contributed by atoms with Gasteiger partial charge in [-0.3, -0.25) is 14.2 Å². The molecule has 0 radical (unpaired) electrons. The van der Waals surface area contributed by atoms with Gasteiger partial charge in [0.1, 0.15) is 5.25 Å². The minimum Gasteiger partial charge on any atom is -0.468 e. The number of nitrogens with zero attached hydrogens (tertiary/aromatic N) is 2. The number of hydrogen-bond acceptors (Lipinski definition) is 5. The monoisotopic (exact) mass is 354 g/mol. The fourth-order valence-electron chi connectivity index (χ4n) is 2.16. The zero-order valence-corrected chi connectivity index (χ0v) is 15.1. The second kappa shape index (κ2) is 7.36. The van der Waals surface area contributed by atoms with E-state index in [1.807, 2.05) is 13.8 Å². The molecule has 0 spiro atoms. The summed E-state index contributed by atoms with van der Waals surface area (Å²) in [6.45, 7) is 6.30. The molecule has 1 atom stereocenters. The summed E-state index contributed by atoms with van der Waals surface area (Å²) in [5.41, 5.74) is 0.405. The van der Waals surface area contributed by atoms with Gasteiger partial charge in [0.2, 0.25) is 0 Å². The number of rotatable bonds is 5. The molecule has 1 heterocycles. The van der Waals surface area contributed by atoms with Gasteiger partial charge in [0.25, 0.3) is 5.56 Å². The molecule has 23 heavy (non-hydrogen) atoms. The van der Waals surface area contributed by atoms with E-state index < -0.39 is 5.25 Å². The quantitative estimate of drug-likeness (QED) is 0.468. The summed E-state index contributed by atoms with van der Waals surface area (Å²) in [5.74, 6) is -0.0847. The maximum absolute atomic E-state index is 12.8. The fraction of sp³-hybridized carbons (Fsp3) is 0.438. The van der Waals surface area contributed by atoms with Crippen molar-refractivity contribution in [2.45, 2.75) is 37.7 Å². The van der Waals surface area contributed by atoms with Gasteiger partial charge in [0.15, 0.2) is 5.16 Å². The number of ether oxygens (including phenoxy) is 1. The molecule has 0 aliphatic rings. The molecule has 5 nitrogen and oxygen atoms in total. The molecular weight excluding hydrogens is 336 g/mol. The second-order valence-corrected chi connectivity index (χ2v) is 7.39. The molecule has 0 unspecified atom stereocenters. The molecule has 7 heteroatoms. The van der Waals surface area contributed by atoms with E-state index in [1.165, 1.54) is 18.9 Å². The number of esters is 1. The van der Waals surface area contributed by atoms with Gasteiger partial charge < -0.3 is 4.74 Å². The number of aromatic nitrogens is 2. The van der Waals surface area contributed by atoms with Crippen molar-refractivity contribution in [3.8, 4) is 0 Å². The van der Waals surface area contributed by atoms with Crippen LogP contribution in [0.25, 0.3) is 10.9 Å². The Morgan fingerprint density at radius 2 is 2.09 bits per heavy atom. The van der Waals surface area contributed by atoms with Gasteiger partial charge >= 0.3 is 5.97 Å². The van der Waals surface area contributed by atoms with Crippen molar-refractivity contribution >= 4 is 40.2 Å². The Labute approximate surface area is 144 Å². The second-order valence-electron chi connectivity index (χ2n) is 5.65. The van der Waals surface area contributed by atoms with Gasteiger partial charge in [-0.25, -0.2) is 4.98 Å². The Morgan fingerprint density at radius 1 is 1.39 bits per heavy atom. The average Bonchev–Trinajstić information content (AvgIpc) is 2.49. The number of fused-ring (bicyclic) bond motifs is 1. The highest BCUT2D eigenvalue weighted by Crippen LogP contribution is 2.25. The third-order valence-electron chi connectivity index (χ3n) is 3.25. The highest BCUT2D eigenvalue weighted by Gasteiger charge is 2.20. The Hall–Kier alpha value is -1.53. The number of carbonyl (C=O) groups is 1. The van der Waals surface area contributed by atoms with Crippen LogP contribution in [0.4, 0.5) is 0 Å². The summed E-state index contributed by atoms with van der Waals surface area (Å²) >= 11 is 7.21.